The van der Waals surface area contributed by atoms with Crippen LogP contribution in [0.4, 0.5) is 5.69 Å². The minimum Gasteiger partial charge on any atom is -0.459 e. The molecule has 0 atom stereocenters. The van der Waals surface area contributed by atoms with Gasteiger partial charge in [-0.3, -0.25) is 4.79 Å². The number of nitrogens with one attached hydrogen (secondary N) is 2. The number of aromatic nitrogens is 2. The molecular weight excluding hydrogens is 325 g/mol. The topological polar surface area (TPSA) is 70.9 Å². The van der Waals surface area contributed by atoms with E-state index >= 15 is 0 Å². The first-order chi connectivity index (χ1) is 10.6. The quantitative estimate of drug-likeness (QED) is 0.757. The zero-order valence-electron chi connectivity index (χ0n) is 11.3. The van der Waals surface area contributed by atoms with Gasteiger partial charge in [-0.1, -0.05) is 23.2 Å². The van der Waals surface area contributed by atoms with Crippen molar-refractivity contribution in [2.24, 2.45) is 0 Å². The van der Waals surface area contributed by atoms with Crippen LogP contribution in [0.2, 0.25) is 10.0 Å². The fraction of sp³-hybridized carbons (Fsp3) is 0.0667. The molecule has 0 aliphatic heterocycles. The van der Waals surface area contributed by atoms with Gasteiger partial charge in [0.25, 0.3) is 5.56 Å². The molecule has 3 aromatic rings. The van der Waals surface area contributed by atoms with Crippen molar-refractivity contribution in [2.45, 2.75) is 6.54 Å². The van der Waals surface area contributed by atoms with E-state index in [1.807, 2.05) is 24.3 Å². The molecule has 0 bridgehead atoms. The Balaban J connectivity index is 1.73. The van der Waals surface area contributed by atoms with Crippen LogP contribution >= 0.6 is 23.2 Å². The number of hydrogen-bond donors (Lipinski definition) is 2. The van der Waals surface area contributed by atoms with E-state index in [-0.39, 0.29) is 5.02 Å². The van der Waals surface area contributed by atoms with Crippen LogP contribution in [0, 0.1) is 0 Å². The summed E-state index contributed by atoms with van der Waals surface area (Å²) < 4.78 is 5.75. The van der Waals surface area contributed by atoms with Gasteiger partial charge < -0.3 is 9.73 Å². The van der Waals surface area contributed by atoms with E-state index in [1.165, 1.54) is 6.20 Å². The summed E-state index contributed by atoms with van der Waals surface area (Å²) in [6, 6.07) is 11.1. The lowest BCUT2D eigenvalue weighted by Gasteiger charge is -2.04. The van der Waals surface area contributed by atoms with Gasteiger partial charge in [-0.05, 0) is 36.4 Å². The van der Waals surface area contributed by atoms with Crippen LogP contribution < -0.4 is 10.9 Å². The van der Waals surface area contributed by atoms with Gasteiger partial charge >= 0.3 is 0 Å². The normalized spacial score (nSPS) is 10.6. The Morgan fingerprint density at radius 3 is 2.68 bits per heavy atom. The largest absolute Gasteiger partial charge is 0.459 e. The van der Waals surface area contributed by atoms with E-state index in [0.29, 0.717) is 23.0 Å². The molecule has 0 aliphatic rings. The fourth-order valence-corrected chi connectivity index (χ4v) is 2.22. The van der Waals surface area contributed by atoms with Crippen molar-refractivity contribution < 1.29 is 4.42 Å². The summed E-state index contributed by atoms with van der Waals surface area (Å²) in [6.45, 7) is 0.387. The fourth-order valence-electron chi connectivity index (χ4n) is 1.93. The van der Waals surface area contributed by atoms with Crippen molar-refractivity contribution in [1.82, 2.24) is 10.2 Å². The standard InChI is InChI=1S/C15H11Cl2N3O2/c16-10-3-1-9(2-4-10)13-6-5-11(22-13)7-18-12-8-19-20-15(21)14(12)17/h1-6,8H,7H2,(H2,18,20,21). The first kappa shape index (κ1) is 14.7. The van der Waals surface area contributed by atoms with Gasteiger partial charge in [-0.25, -0.2) is 5.10 Å². The minimum atomic E-state index is -0.437. The smallest absolute Gasteiger partial charge is 0.285 e. The molecule has 5 nitrogen and oxygen atoms in total. The van der Waals surface area contributed by atoms with Gasteiger partial charge in [0, 0.05) is 10.6 Å². The Bertz CT molecular complexity index is 840. The van der Waals surface area contributed by atoms with Crippen LogP contribution in [0.5, 0.6) is 0 Å². The molecule has 2 aromatic heterocycles. The summed E-state index contributed by atoms with van der Waals surface area (Å²) in [7, 11) is 0. The van der Waals surface area contributed by atoms with Gasteiger partial charge in [-0.15, -0.1) is 0 Å². The molecule has 2 N–H and O–H groups in total. The molecule has 1 aromatic carbocycles. The first-order valence-electron chi connectivity index (χ1n) is 6.45. The van der Waals surface area contributed by atoms with Crippen LogP contribution in [0.25, 0.3) is 11.3 Å². The lowest BCUT2D eigenvalue weighted by atomic mass is 10.2. The summed E-state index contributed by atoms with van der Waals surface area (Å²) in [5, 5.41) is 9.71. The Morgan fingerprint density at radius 2 is 1.91 bits per heavy atom. The molecule has 0 unspecified atom stereocenters. The van der Waals surface area contributed by atoms with E-state index < -0.39 is 5.56 Å². The number of H-pyrrole nitrogens is 1. The summed E-state index contributed by atoms with van der Waals surface area (Å²) in [6.07, 6.45) is 1.45. The Hall–Kier alpha value is -2.24. The third-order valence-corrected chi connectivity index (χ3v) is 3.67. The Labute approximate surface area is 135 Å². The maximum Gasteiger partial charge on any atom is 0.285 e. The highest BCUT2D eigenvalue weighted by atomic mass is 35.5. The average Bonchev–Trinajstić information content (AvgIpc) is 2.98. The molecule has 0 saturated carbocycles. The zero-order chi connectivity index (χ0) is 15.5. The van der Waals surface area contributed by atoms with Gasteiger partial charge in [0.05, 0.1) is 18.4 Å². The lowest BCUT2D eigenvalue weighted by Crippen LogP contribution is -2.11. The van der Waals surface area contributed by atoms with Crippen molar-refractivity contribution in [3.8, 4) is 11.3 Å². The number of nitrogens with zero attached hydrogens (tertiary/aromatic N) is 1. The average molecular weight is 336 g/mol. The number of benzene rings is 1. The summed E-state index contributed by atoms with van der Waals surface area (Å²) in [4.78, 5) is 11.3. The summed E-state index contributed by atoms with van der Waals surface area (Å²) in [5.41, 5.74) is 0.953. The molecule has 3 rings (SSSR count). The van der Waals surface area contributed by atoms with Gasteiger partial charge in [0.15, 0.2) is 0 Å². The monoisotopic (exact) mass is 335 g/mol. The van der Waals surface area contributed by atoms with Crippen molar-refractivity contribution in [1.29, 1.82) is 0 Å². The molecule has 0 amide bonds. The second-order valence-electron chi connectivity index (χ2n) is 4.55. The van der Waals surface area contributed by atoms with E-state index in [4.69, 9.17) is 27.6 Å². The molecule has 0 saturated heterocycles. The molecule has 7 heteroatoms. The van der Waals surface area contributed by atoms with Gasteiger partial charge in [0.1, 0.15) is 16.5 Å². The highest BCUT2D eigenvalue weighted by Gasteiger charge is 2.07. The third kappa shape index (κ3) is 3.16. The zero-order valence-corrected chi connectivity index (χ0v) is 12.8. The number of furan rings is 1. The number of aromatic amines is 1. The van der Waals surface area contributed by atoms with E-state index in [0.717, 1.165) is 11.3 Å². The minimum absolute atomic E-state index is 0.0690. The molecular formula is C15H11Cl2N3O2. The highest BCUT2D eigenvalue weighted by molar-refractivity contribution is 6.32. The molecule has 0 fully saturated rings. The molecule has 0 radical (unpaired) electrons. The van der Waals surface area contributed by atoms with Crippen molar-refractivity contribution in [3.63, 3.8) is 0 Å². The van der Waals surface area contributed by atoms with E-state index in [2.05, 4.69) is 15.5 Å². The van der Waals surface area contributed by atoms with Crippen LogP contribution in [0.15, 0.2) is 51.8 Å². The lowest BCUT2D eigenvalue weighted by molar-refractivity contribution is 0.531. The van der Waals surface area contributed by atoms with Gasteiger partial charge in [0.2, 0.25) is 0 Å². The Morgan fingerprint density at radius 1 is 1.14 bits per heavy atom. The summed E-state index contributed by atoms with van der Waals surface area (Å²) >= 11 is 11.7. The van der Waals surface area contributed by atoms with Crippen molar-refractivity contribution in [3.05, 3.63) is 68.8 Å². The maximum atomic E-state index is 11.3. The number of halogens is 2. The third-order valence-electron chi connectivity index (χ3n) is 3.04. The van der Waals surface area contributed by atoms with E-state index in [9.17, 15) is 4.79 Å². The highest BCUT2D eigenvalue weighted by Crippen LogP contribution is 2.24. The molecule has 2 heterocycles. The number of hydrogen-bond acceptors (Lipinski definition) is 4. The first-order valence-corrected chi connectivity index (χ1v) is 7.21. The molecule has 22 heavy (non-hydrogen) atoms. The second kappa shape index (κ2) is 6.25. The van der Waals surface area contributed by atoms with Crippen molar-refractivity contribution >= 4 is 28.9 Å². The Kier molecular flexibility index (Phi) is 4.18. The van der Waals surface area contributed by atoms with Crippen LogP contribution in [-0.2, 0) is 6.54 Å². The molecule has 0 aliphatic carbocycles. The van der Waals surface area contributed by atoms with Crippen LogP contribution in [0.1, 0.15) is 5.76 Å². The maximum absolute atomic E-state index is 11.3. The summed E-state index contributed by atoms with van der Waals surface area (Å²) in [5.74, 6) is 1.45. The SMILES string of the molecule is O=c1[nH]ncc(NCc2ccc(-c3ccc(Cl)cc3)o2)c1Cl. The van der Waals surface area contributed by atoms with Crippen LogP contribution in [0.3, 0.4) is 0 Å². The number of rotatable bonds is 4. The van der Waals surface area contributed by atoms with Crippen LogP contribution in [-0.4, -0.2) is 10.2 Å². The predicted octanol–water partition coefficient (Wildman–Crippen LogP) is 3.95. The van der Waals surface area contributed by atoms with E-state index in [1.54, 1.807) is 12.1 Å². The van der Waals surface area contributed by atoms with Gasteiger partial charge in [-0.2, -0.15) is 5.10 Å². The molecule has 112 valence electrons. The number of anilines is 1. The second-order valence-corrected chi connectivity index (χ2v) is 5.37. The predicted molar refractivity (Wildman–Crippen MR) is 86.3 cm³/mol. The van der Waals surface area contributed by atoms with Crippen molar-refractivity contribution in [2.75, 3.05) is 5.32 Å². The molecule has 0 spiro atoms.